The molecule has 0 fully saturated rings. The molecule has 1 heterocycles. The van der Waals surface area contributed by atoms with E-state index in [0.29, 0.717) is 33.1 Å². The summed E-state index contributed by atoms with van der Waals surface area (Å²) in [6.45, 7) is 0. The minimum atomic E-state index is -0.443. The Bertz CT molecular complexity index is 839. The Kier molecular flexibility index (Phi) is 3.35. The first-order valence-corrected chi connectivity index (χ1v) is 6.53. The predicted octanol–water partition coefficient (Wildman–Crippen LogP) is 3.68. The molecule has 0 aliphatic carbocycles. The SMILES string of the molecule is COc1cc(-c2nc(N)c3cc(Cl)ccc3n2)ccc1F. The van der Waals surface area contributed by atoms with Gasteiger partial charge in [-0.15, -0.1) is 0 Å². The molecule has 0 atom stereocenters. The van der Waals surface area contributed by atoms with Crippen molar-refractivity contribution in [3.05, 3.63) is 47.2 Å². The van der Waals surface area contributed by atoms with Gasteiger partial charge in [0.1, 0.15) is 5.82 Å². The number of ether oxygens (including phenoxy) is 1. The summed E-state index contributed by atoms with van der Waals surface area (Å²) in [5.74, 6) is 0.411. The van der Waals surface area contributed by atoms with Crippen LogP contribution in [0.3, 0.4) is 0 Å². The van der Waals surface area contributed by atoms with Gasteiger partial charge >= 0.3 is 0 Å². The van der Waals surface area contributed by atoms with Crippen molar-refractivity contribution in [3.8, 4) is 17.1 Å². The molecule has 0 unspecified atom stereocenters. The molecule has 0 bridgehead atoms. The Morgan fingerprint density at radius 1 is 1.14 bits per heavy atom. The number of hydrogen-bond donors (Lipinski definition) is 1. The summed E-state index contributed by atoms with van der Waals surface area (Å²) in [6.07, 6.45) is 0. The molecule has 0 saturated heterocycles. The van der Waals surface area contributed by atoms with Gasteiger partial charge in [0.15, 0.2) is 17.4 Å². The van der Waals surface area contributed by atoms with Crippen LogP contribution in [-0.4, -0.2) is 17.1 Å². The van der Waals surface area contributed by atoms with E-state index in [1.165, 1.54) is 19.2 Å². The maximum absolute atomic E-state index is 13.5. The number of nitrogens with zero attached hydrogens (tertiary/aromatic N) is 2. The van der Waals surface area contributed by atoms with E-state index in [1.807, 2.05) is 0 Å². The normalized spacial score (nSPS) is 10.8. The molecular weight excluding hydrogens is 293 g/mol. The molecule has 106 valence electrons. The summed E-state index contributed by atoms with van der Waals surface area (Å²) >= 11 is 5.94. The summed E-state index contributed by atoms with van der Waals surface area (Å²) in [5.41, 5.74) is 7.24. The molecule has 3 aromatic rings. The van der Waals surface area contributed by atoms with Crippen LogP contribution in [0.1, 0.15) is 0 Å². The lowest BCUT2D eigenvalue weighted by Gasteiger charge is -2.08. The lowest BCUT2D eigenvalue weighted by Crippen LogP contribution is -1.98. The minimum Gasteiger partial charge on any atom is -0.494 e. The monoisotopic (exact) mass is 303 g/mol. The van der Waals surface area contributed by atoms with Crippen molar-refractivity contribution in [1.29, 1.82) is 0 Å². The largest absolute Gasteiger partial charge is 0.494 e. The molecule has 0 aliphatic heterocycles. The predicted molar refractivity (Wildman–Crippen MR) is 80.9 cm³/mol. The number of benzene rings is 2. The van der Waals surface area contributed by atoms with Crippen molar-refractivity contribution >= 4 is 28.3 Å². The van der Waals surface area contributed by atoms with Gasteiger partial charge in [-0.05, 0) is 36.4 Å². The van der Waals surface area contributed by atoms with Gasteiger partial charge in [0.05, 0.1) is 12.6 Å². The summed E-state index contributed by atoms with van der Waals surface area (Å²) in [6, 6.07) is 9.62. The van der Waals surface area contributed by atoms with Crippen molar-refractivity contribution in [2.75, 3.05) is 12.8 Å². The van der Waals surface area contributed by atoms with Crippen LogP contribution in [0.4, 0.5) is 10.2 Å². The third-order valence-electron chi connectivity index (χ3n) is 3.10. The van der Waals surface area contributed by atoms with Gasteiger partial charge in [0, 0.05) is 16.0 Å². The number of methoxy groups -OCH3 is 1. The second-order valence-electron chi connectivity index (χ2n) is 4.44. The molecule has 0 amide bonds. The smallest absolute Gasteiger partial charge is 0.165 e. The second kappa shape index (κ2) is 5.18. The zero-order chi connectivity index (χ0) is 15.0. The first-order valence-electron chi connectivity index (χ1n) is 6.15. The van der Waals surface area contributed by atoms with Crippen molar-refractivity contribution in [1.82, 2.24) is 9.97 Å². The number of nitrogens with two attached hydrogens (primary N) is 1. The number of nitrogen functional groups attached to an aromatic ring is 1. The summed E-state index contributed by atoms with van der Waals surface area (Å²) in [5, 5.41) is 1.24. The maximum atomic E-state index is 13.5. The second-order valence-corrected chi connectivity index (χ2v) is 4.88. The van der Waals surface area contributed by atoms with E-state index in [9.17, 15) is 4.39 Å². The van der Waals surface area contributed by atoms with Crippen LogP contribution < -0.4 is 10.5 Å². The average molecular weight is 304 g/mol. The van der Waals surface area contributed by atoms with Gasteiger partial charge in [-0.1, -0.05) is 11.6 Å². The first-order chi connectivity index (χ1) is 10.1. The number of hydrogen-bond acceptors (Lipinski definition) is 4. The molecule has 3 rings (SSSR count). The van der Waals surface area contributed by atoms with Crippen molar-refractivity contribution in [3.63, 3.8) is 0 Å². The van der Waals surface area contributed by atoms with E-state index < -0.39 is 5.82 Å². The molecule has 0 spiro atoms. The summed E-state index contributed by atoms with van der Waals surface area (Å²) in [7, 11) is 1.40. The van der Waals surface area contributed by atoms with E-state index in [0.717, 1.165) is 0 Å². The zero-order valence-corrected chi connectivity index (χ0v) is 11.9. The standard InChI is InChI=1S/C15H11ClFN3O/c1-21-13-6-8(2-4-11(13)17)15-19-12-5-3-9(16)7-10(12)14(18)20-15/h2-7H,1H3,(H2,18,19,20). The third kappa shape index (κ3) is 2.48. The molecule has 4 nitrogen and oxygen atoms in total. The van der Waals surface area contributed by atoms with Crippen LogP contribution in [0.15, 0.2) is 36.4 Å². The van der Waals surface area contributed by atoms with Crippen molar-refractivity contribution in [2.45, 2.75) is 0 Å². The lowest BCUT2D eigenvalue weighted by molar-refractivity contribution is 0.387. The van der Waals surface area contributed by atoms with E-state index >= 15 is 0 Å². The molecule has 6 heteroatoms. The number of anilines is 1. The number of aromatic nitrogens is 2. The molecule has 1 aromatic heterocycles. The van der Waals surface area contributed by atoms with Gasteiger partial charge in [-0.25, -0.2) is 14.4 Å². The molecule has 0 saturated carbocycles. The highest BCUT2D eigenvalue weighted by Crippen LogP contribution is 2.28. The Morgan fingerprint density at radius 2 is 1.95 bits per heavy atom. The third-order valence-corrected chi connectivity index (χ3v) is 3.33. The fourth-order valence-electron chi connectivity index (χ4n) is 2.05. The number of rotatable bonds is 2. The average Bonchev–Trinajstić information content (AvgIpc) is 2.48. The zero-order valence-electron chi connectivity index (χ0n) is 11.1. The number of fused-ring (bicyclic) bond motifs is 1. The molecular formula is C15H11ClFN3O. The highest BCUT2D eigenvalue weighted by atomic mass is 35.5. The van der Waals surface area contributed by atoms with E-state index in [1.54, 1.807) is 24.3 Å². The van der Waals surface area contributed by atoms with Crippen LogP contribution in [0, 0.1) is 5.82 Å². The fourth-order valence-corrected chi connectivity index (χ4v) is 2.22. The van der Waals surface area contributed by atoms with Crippen LogP contribution in [0.5, 0.6) is 5.75 Å². The van der Waals surface area contributed by atoms with Gasteiger partial charge in [0.25, 0.3) is 0 Å². The van der Waals surface area contributed by atoms with Crippen LogP contribution in [0.25, 0.3) is 22.3 Å². The molecule has 0 radical (unpaired) electrons. The van der Waals surface area contributed by atoms with Gasteiger partial charge in [-0.3, -0.25) is 0 Å². The summed E-state index contributed by atoms with van der Waals surface area (Å²) < 4.78 is 18.4. The first kappa shape index (κ1) is 13.6. The Morgan fingerprint density at radius 3 is 2.71 bits per heavy atom. The van der Waals surface area contributed by atoms with Crippen LogP contribution in [0.2, 0.25) is 5.02 Å². The Hall–Kier alpha value is -2.40. The van der Waals surface area contributed by atoms with Crippen LogP contribution >= 0.6 is 11.6 Å². The molecule has 2 N–H and O–H groups in total. The summed E-state index contributed by atoms with van der Waals surface area (Å²) in [4.78, 5) is 8.67. The Labute approximate surface area is 125 Å². The highest BCUT2D eigenvalue weighted by Gasteiger charge is 2.10. The van der Waals surface area contributed by atoms with Crippen molar-refractivity contribution in [2.24, 2.45) is 0 Å². The van der Waals surface area contributed by atoms with E-state index in [-0.39, 0.29) is 5.75 Å². The van der Waals surface area contributed by atoms with Crippen LogP contribution in [-0.2, 0) is 0 Å². The Balaban J connectivity index is 2.19. The van der Waals surface area contributed by atoms with Gasteiger partial charge < -0.3 is 10.5 Å². The van der Waals surface area contributed by atoms with Gasteiger partial charge in [-0.2, -0.15) is 0 Å². The number of halogens is 2. The van der Waals surface area contributed by atoms with E-state index in [2.05, 4.69) is 9.97 Å². The minimum absolute atomic E-state index is 0.130. The lowest BCUT2D eigenvalue weighted by atomic mass is 10.1. The van der Waals surface area contributed by atoms with E-state index in [4.69, 9.17) is 22.1 Å². The molecule has 21 heavy (non-hydrogen) atoms. The quantitative estimate of drug-likeness (QED) is 0.784. The highest BCUT2D eigenvalue weighted by molar-refractivity contribution is 6.31. The van der Waals surface area contributed by atoms with Crippen molar-refractivity contribution < 1.29 is 9.13 Å². The maximum Gasteiger partial charge on any atom is 0.165 e. The molecule has 2 aromatic carbocycles. The van der Waals surface area contributed by atoms with Gasteiger partial charge in [0.2, 0.25) is 0 Å². The molecule has 0 aliphatic rings. The topological polar surface area (TPSA) is 61.0 Å². The fraction of sp³-hybridized carbons (Fsp3) is 0.0667.